The molecular formula is C21H15BrN2. The van der Waals surface area contributed by atoms with Gasteiger partial charge in [-0.1, -0.05) is 58.4 Å². The molecule has 0 fully saturated rings. The van der Waals surface area contributed by atoms with Crippen LogP contribution < -0.4 is 0 Å². The summed E-state index contributed by atoms with van der Waals surface area (Å²) in [6, 6.07) is 22.5. The van der Waals surface area contributed by atoms with E-state index in [1.807, 2.05) is 48.7 Å². The van der Waals surface area contributed by atoms with Gasteiger partial charge >= 0.3 is 0 Å². The molecule has 2 heterocycles. The highest BCUT2D eigenvalue weighted by molar-refractivity contribution is 9.10. The number of halogens is 1. The highest BCUT2D eigenvalue weighted by atomic mass is 79.9. The van der Waals surface area contributed by atoms with E-state index in [4.69, 9.17) is 4.98 Å². The van der Waals surface area contributed by atoms with Crippen LogP contribution in [0.1, 0.15) is 16.8 Å². The SMILES string of the molecule is [CH2]c1cccc([CH]c2c(-c3ccc(Br)cc3)nc3ccccn23)c1. The van der Waals surface area contributed by atoms with Crippen LogP contribution in [0.25, 0.3) is 16.9 Å². The Bertz CT molecular complexity index is 1000. The summed E-state index contributed by atoms with van der Waals surface area (Å²) in [5, 5.41) is 0. The average Bonchev–Trinajstić information content (AvgIpc) is 2.94. The van der Waals surface area contributed by atoms with Gasteiger partial charge in [0.05, 0.1) is 11.4 Å². The third-order valence-electron chi connectivity index (χ3n) is 3.94. The van der Waals surface area contributed by atoms with E-state index in [1.165, 1.54) is 0 Å². The lowest BCUT2D eigenvalue weighted by Gasteiger charge is -2.06. The standard InChI is InChI=1S/C21H15BrN2/c1-15-5-4-6-16(13-15)14-19-21(17-8-10-18(22)11-9-17)23-20-7-2-3-12-24(19)20/h2-14H,1H2. The van der Waals surface area contributed by atoms with E-state index in [1.54, 1.807) is 0 Å². The summed E-state index contributed by atoms with van der Waals surface area (Å²) >= 11 is 3.49. The van der Waals surface area contributed by atoms with E-state index in [-0.39, 0.29) is 0 Å². The lowest BCUT2D eigenvalue weighted by atomic mass is 10.0. The number of imidazole rings is 1. The van der Waals surface area contributed by atoms with Crippen LogP contribution >= 0.6 is 15.9 Å². The Morgan fingerprint density at radius 1 is 0.958 bits per heavy atom. The number of aromatic nitrogens is 2. The molecule has 2 nitrogen and oxygen atoms in total. The fourth-order valence-corrected chi connectivity index (χ4v) is 3.08. The van der Waals surface area contributed by atoms with Gasteiger partial charge in [0.15, 0.2) is 0 Å². The lowest BCUT2D eigenvalue weighted by Crippen LogP contribution is -1.94. The van der Waals surface area contributed by atoms with Crippen LogP contribution in [-0.4, -0.2) is 9.38 Å². The summed E-state index contributed by atoms with van der Waals surface area (Å²) in [5.74, 6) is 0. The third kappa shape index (κ3) is 2.87. The smallest absolute Gasteiger partial charge is 0.137 e. The van der Waals surface area contributed by atoms with Gasteiger partial charge in [0, 0.05) is 22.7 Å². The van der Waals surface area contributed by atoms with Crippen LogP contribution in [0.15, 0.2) is 77.4 Å². The van der Waals surface area contributed by atoms with Crippen molar-refractivity contribution in [2.75, 3.05) is 0 Å². The molecule has 0 amide bonds. The van der Waals surface area contributed by atoms with Crippen molar-refractivity contribution in [2.45, 2.75) is 0 Å². The molecule has 2 aromatic carbocycles. The van der Waals surface area contributed by atoms with Crippen molar-refractivity contribution in [1.29, 1.82) is 0 Å². The summed E-state index contributed by atoms with van der Waals surface area (Å²) in [5.41, 5.74) is 6.20. The van der Waals surface area contributed by atoms with Crippen LogP contribution in [0.4, 0.5) is 0 Å². The van der Waals surface area contributed by atoms with Gasteiger partial charge in [-0.25, -0.2) is 4.98 Å². The Morgan fingerprint density at radius 3 is 2.58 bits per heavy atom. The molecule has 2 radical (unpaired) electrons. The quantitative estimate of drug-likeness (QED) is 0.459. The molecule has 4 rings (SSSR count). The fourth-order valence-electron chi connectivity index (χ4n) is 2.81. The van der Waals surface area contributed by atoms with E-state index in [0.717, 1.165) is 38.2 Å². The van der Waals surface area contributed by atoms with Crippen LogP contribution in [0.3, 0.4) is 0 Å². The van der Waals surface area contributed by atoms with Crippen molar-refractivity contribution >= 4 is 21.6 Å². The first-order valence-corrected chi connectivity index (χ1v) is 8.50. The minimum Gasteiger partial charge on any atom is -0.303 e. The Hall–Kier alpha value is -2.39. The topological polar surface area (TPSA) is 17.3 Å². The number of benzene rings is 2. The Labute approximate surface area is 149 Å². The number of hydrogen-bond acceptors (Lipinski definition) is 1. The van der Waals surface area contributed by atoms with Crippen LogP contribution in [-0.2, 0) is 0 Å². The molecule has 116 valence electrons. The van der Waals surface area contributed by atoms with Gasteiger partial charge in [-0.15, -0.1) is 0 Å². The highest BCUT2D eigenvalue weighted by Gasteiger charge is 2.14. The molecule has 0 aliphatic heterocycles. The third-order valence-corrected chi connectivity index (χ3v) is 4.47. The summed E-state index contributed by atoms with van der Waals surface area (Å²) < 4.78 is 3.18. The summed E-state index contributed by atoms with van der Waals surface area (Å²) in [4.78, 5) is 4.83. The fraction of sp³-hybridized carbons (Fsp3) is 0. The van der Waals surface area contributed by atoms with Gasteiger partial charge in [-0.2, -0.15) is 0 Å². The molecule has 2 aromatic heterocycles. The van der Waals surface area contributed by atoms with Crippen molar-refractivity contribution in [3.8, 4) is 11.3 Å². The zero-order valence-corrected chi connectivity index (χ0v) is 14.6. The Kier molecular flexibility index (Phi) is 3.95. The molecular weight excluding hydrogens is 360 g/mol. The van der Waals surface area contributed by atoms with Gasteiger partial charge in [-0.05, 0) is 42.3 Å². The number of rotatable bonds is 3. The zero-order chi connectivity index (χ0) is 16.5. The first-order chi connectivity index (χ1) is 11.7. The van der Waals surface area contributed by atoms with Gasteiger partial charge in [0.1, 0.15) is 5.65 Å². The summed E-state index contributed by atoms with van der Waals surface area (Å²) in [6.45, 7) is 4.02. The maximum absolute atomic E-state index is 4.83. The van der Waals surface area contributed by atoms with Crippen molar-refractivity contribution in [3.63, 3.8) is 0 Å². The second-order valence-electron chi connectivity index (χ2n) is 5.67. The maximum Gasteiger partial charge on any atom is 0.137 e. The number of pyridine rings is 1. The molecule has 0 saturated carbocycles. The first kappa shape index (κ1) is 15.2. The van der Waals surface area contributed by atoms with Crippen molar-refractivity contribution in [2.24, 2.45) is 0 Å². The van der Waals surface area contributed by atoms with E-state index in [2.05, 4.69) is 57.9 Å². The summed E-state index contributed by atoms with van der Waals surface area (Å²) in [7, 11) is 0. The van der Waals surface area contributed by atoms with Gasteiger partial charge in [0.25, 0.3) is 0 Å². The molecule has 0 aliphatic rings. The number of fused-ring (bicyclic) bond motifs is 1. The minimum absolute atomic E-state index is 0.937. The highest BCUT2D eigenvalue weighted by Crippen LogP contribution is 2.28. The van der Waals surface area contributed by atoms with Gasteiger partial charge in [0.2, 0.25) is 0 Å². The van der Waals surface area contributed by atoms with Crippen molar-refractivity contribution in [1.82, 2.24) is 9.38 Å². The summed E-state index contributed by atoms with van der Waals surface area (Å²) in [6.07, 6.45) is 4.20. The molecule has 0 atom stereocenters. The molecule has 0 bridgehead atoms. The zero-order valence-electron chi connectivity index (χ0n) is 13.0. The largest absolute Gasteiger partial charge is 0.303 e. The normalized spacial score (nSPS) is 11.1. The molecule has 0 aliphatic carbocycles. The second kappa shape index (κ2) is 6.25. The lowest BCUT2D eigenvalue weighted by molar-refractivity contribution is 1.12. The molecule has 24 heavy (non-hydrogen) atoms. The van der Waals surface area contributed by atoms with E-state index >= 15 is 0 Å². The monoisotopic (exact) mass is 374 g/mol. The van der Waals surface area contributed by atoms with Crippen LogP contribution in [0, 0.1) is 13.3 Å². The number of hydrogen-bond donors (Lipinski definition) is 0. The Morgan fingerprint density at radius 2 is 1.79 bits per heavy atom. The number of nitrogens with zero attached hydrogens (tertiary/aromatic N) is 2. The maximum atomic E-state index is 4.83. The Balaban J connectivity index is 1.88. The molecule has 4 aromatic rings. The molecule has 0 saturated heterocycles. The van der Waals surface area contributed by atoms with Gasteiger partial charge in [-0.3, -0.25) is 0 Å². The van der Waals surface area contributed by atoms with E-state index < -0.39 is 0 Å². The van der Waals surface area contributed by atoms with Gasteiger partial charge < -0.3 is 4.40 Å². The minimum atomic E-state index is 0.937. The molecule has 0 N–H and O–H groups in total. The van der Waals surface area contributed by atoms with Crippen molar-refractivity contribution in [3.05, 3.63) is 108 Å². The van der Waals surface area contributed by atoms with E-state index in [0.29, 0.717) is 0 Å². The average molecular weight is 375 g/mol. The van der Waals surface area contributed by atoms with Crippen LogP contribution in [0.2, 0.25) is 0 Å². The van der Waals surface area contributed by atoms with Crippen LogP contribution in [0.5, 0.6) is 0 Å². The predicted octanol–water partition coefficient (Wildman–Crippen LogP) is 5.55. The molecule has 3 heteroatoms. The van der Waals surface area contributed by atoms with Crippen molar-refractivity contribution < 1.29 is 0 Å². The first-order valence-electron chi connectivity index (χ1n) is 7.70. The predicted molar refractivity (Wildman–Crippen MR) is 102 cm³/mol. The van der Waals surface area contributed by atoms with E-state index in [9.17, 15) is 0 Å². The second-order valence-corrected chi connectivity index (χ2v) is 6.59. The molecule has 0 unspecified atom stereocenters. The molecule has 0 spiro atoms.